The standard InChI is InChI=1S/C22H23NO7/c1-14-21(30-18-6-4-3-5-17(18)29-14)22(25)28-13-20(24)23(2)12-15-7-8-16-19(11-15)27-10-9-26-16/h3-8,11,14,21H,9-10,12-13H2,1-2H3. The van der Waals surface area contributed by atoms with Crippen LogP contribution in [0.15, 0.2) is 42.5 Å². The van der Waals surface area contributed by atoms with Crippen LogP contribution in [0.5, 0.6) is 23.0 Å². The zero-order chi connectivity index (χ0) is 21.1. The van der Waals surface area contributed by atoms with E-state index in [1.165, 1.54) is 4.90 Å². The van der Waals surface area contributed by atoms with Crippen molar-refractivity contribution < 1.29 is 33.3 Å². The minimum atomic E-state index is -0.934. The van der Waals surface area contributed by atoms with Crippen LogP contribution in [-0.2, 0) is 20.9 Å². The molecule has 0 N–H and O–H groups in total. The molecule has 2 aromatic rings. The number of amides is 1. The minimum absolute atomic E-state index is 0.331. The van der Waals surface area contributed by atoms with E-state index in [4.69, 9.17) is 23.7 Å². The number of likely N-dealkylation sites (N-methyl/N-ethyl adjacent to an activating group) is 1. The lowest BCUT2D eigenvalue weighted by Gasteiger charge is -2.30. The average molecular weight is 413 g/mol. The van der Waals surface area contributed by atoms with Gasteiger partial charge >= 0.3 is 5.97 Å². The van der Waals surface area contributed by atoms with Crippen LogP contribution in [0.25, 0.3) is 0 Å². The second kappa shape index (κ2) is 8.52. The molecule has 2 atom stereocenters. The van der Waals surface area contributed by atoms with Crippen LogP contribution in [0.1, 0.15) is 12.5 Å². The Bertz CT molecular complexity index is 945. The van der Waals surface area contributed by atoms with Gasteiger partial charge < -0.3 is 28.6 Å². The number of carbonyl (C=O) groups excluding carboxylic acids is 2. The highest BCUT2D eigenvalue weighted by atomic mass is 16.6. The van der Waals surface area contributed by atoms with Gasteiger partial charge in [-0.1, -0.05) is 18.2 Å². The number of nitrogens with zero attached hydrogens (tertiary/aromatic N) is 1. The van der Waals surface area contributed by atoms with Crippen molar-refractivity contribution >= 4 is 11.9 Å². The summed E-state index contributed by atoms with van der Waals surface area (Å²) in [6.45, 7) is 2.71. The molecule has 4 rings (SSSR count). The number of hydrogen-bond acceptors (Lipinski definition) is 7. The van der Waals surface area contributed by atoms with Crippen molar-refractivity contribution in [3.05, 3.63) is 48.0 Å². The highest BCUT2D eigenvalue weighted by molar-refractivity contribution is 5.82. The van der Waals surface area contributed by atoms with E-state index in [0.717, 1.165) is 5.56 Å². The number of hydrogen-bond donors (Lipinski definition) is 0. The first-order chi connectivity index (χ1) is 14.5. The van der Waals surface area contributed by atoms with Gasteiger partial charge in [-0.2, -0.15) is 0 Å². The van der Waals surface area contributed by atoms with Crippen LogP contribution < -0.4 is 18.9 Å². The van der Waals surface area contributed by atoms with Crippen LogP contribution in [0.2, 0.25) is 0 Å². The van der Waals surface area contributed by atoms with Crippen LogP contribution >= 0.6 is 0 Å². The SMILES string of the molecule is CC1Oc2ccccc2OC1C(=O)OCC(=O)N(C)Cc1ccc2c(c1)OCCO2. The van der Waals surface area contributed by atoms with Crippen LogP contribution in [0, 0.1) is 0 Å². The molecule has 0 aromatic heterocycles. The molecule has 0 bridgehead atoms. The van der Waals surface area contributed by atoms with E-state index in [9.17, 15) is 9.59 Å². The van der Waals surface area contributed by atoms with Crippen LogP contribution in [0.4, 0.5) is 0 Å². The molecule has 2 heterocycles. The van der Waals surface area contributed by atoms with Gasteiger partial charge in [0.05, 0.1) is 0 Å². The summed E-state index contributed by atoms with van der Waals surface area (Å²) in [6, 6.07) is 12.6. The van der Waals surface area contributed by atoms with Crippen molar-refractivity contribution in [1.82, 2.24) is 4.90 Å². The van der Waals surface area contributed by atoms with Gasteiger partial charge in [0, 0.05) is 13.6 Å². The largest absolute Gasteiger partial charge is 0.486 e. The molecular weight excluding hydrogens is 390 g/mol. The number of para-hydroxylation sites is 2. The summed E-state index contributed by atoms with van der Waals surface area (Å²) in [4.78, 5) is 26.3. The summed E-state index contributed by atoms with van der Waals surface area (Å²) < 4.78 is 27.7. The van der Waals surface area contributed by atoms with Gasteiger partial charge in [0.1, 0.15) is 19.3 Å². The second-order valence-corrected chi connectivity index (χ2v) is 7.14. The fourth-order valence-corrected chi connectivity index (χ4v) is 3.25. The summed E-state index contributed by atoms with van der Waals surface area (Å²) in [5.74, 6) is 1.43. The van der Waals surface area contributed by atoms with Crippen molar-refractivity contribution in [2.24, 2.45) is 0 Å². The minimum Gasteiger partial charge on any atom is -0.486 e. The van der Waals surface area contributed by atoms with Gasteiger partial charge in [-0.3, -0.25) is 4.79 Å². The third kappa shape index (κ3) is 4.27. The Labute approximate surface area is 174 Å². The van der Waals surface area contributed by atoms with Crippen molar-refractivity contribution in [1.29, 1.82) is 0 Å². The third-order valence-electron chi connectivity index (χ3n) is 4.86. The molecule has 30 heavy (non-hydrogen) atoms. The predicted molar refractivity (Wildman–Crippen MR) is 106 cm³/mol. The molecule has 8 heteroatoms. The first kappa shape index (κ1) is 19.9. The van der Waals surface area contributed by atoms with Crippen LogP contribution in [0.3, 0.4) is 0 Å². The Balaban J connectivity index is 1.30. The lowest BCUT2D eigenvalue weighted by atomic mass is 10.2. The summed E-state index contributed by atoms with van der Waals surface area (Å²) in [7, 11) is 1.64. The van der Waals surface area contributed by atoms with Gasteiger partial charge in [-0.05, 0) is 36.8 Å². The maximum atomic E-state index is 12.4. The van der Waals surface area contributed by atoms with E-state index in [0.29, 0.717) is 42.8 Å². The first-order valence-electron chi connectivity index (χ1n) is 9.73. The van der Waals surface area contributed by atoms with Gasteiger partial charge in [0.25, 0.3) is 5.91 Å². The molecule has 2 aromatic carbocycles. The number of carbonyl (C=O) groups is 2. The van der Waals surface area contributed by atoms with Gasteiger partial charge in [-0.15, -0.1) is 0 Å². The van der Waals surface area contributed by atoms with E-state index in [1.54, 1.807) is 32.2 Å². The Morgan fingerprint density at radius 2 is 1.70 bits per heavy atom. The highest BCUT2D eigenvalue weighted by Crippen LogP contribution is 2.34. The fourth-order valence-electron chi connectivity index (χ4n) is 3.25. The van der Waals surface area contributed by atoms with Crippen molar-refractivity contribution in [3.8, 4) is 23.0 Å². The Hall–Kier alpha value is -3.42. The first-order valence-corrected chi connectivity index (χ1v) is 9.73. The molecule has 8 nitrogen and oxygen atoms in total. The summed E-state index contributed by atoms with van der Waals surface area (Å²) in [6.07, 6.45) is -1.46. The zero-order valence-electron chi connectivity index (χ0n) is 16.8. The summed E-state index contributed by atoms with van der Waals surface area (Å²) in [5.41, 5.74) is 0.885. The number of ether oxygens (including phenoxy) is 5. The Morgan fingerprint density at radius 1 is 1.00 bits per heavy atom. The second-order valence-electron chi connectivity index (χ2n) is 7.14. The molecule has 0 saturated heterocycles. The molecule has 0 aliphatic carbocycles. The molecule has 2 aliphatic rings. The Kier molecular flexibility index (Phi) is 5.65. The van der Waals surface area contributed by atoms with E-state index in [2.05, 4.69) is 0 Å². The zero-order valence-corrected chi connectivity index (χ0v) is 16.8. The summed E-state index contributed by atoms with van der Waals surface area (Å²) >= 11 is 0. The van der Waals surface area contributed by atoms with Gasteiger partial charge in [0.15, 0.2) is 29.6 Å². The summed E-state index contributed by atoms with van der Waals surface area (Å²) in [5, 5.41) is 0. The number of rotatable bonds is 5. The molecule has 2 aliphatic heterocycles. The maximum Gasteiger partial charge on any atom is 0.351 e. The number of esters is 1. The third-order valence-corrected chi connectivity index (χ3v) is 4.86. The normalized spacial score (nSPS) is 19.0. The van der Waals surface area contributed by atoms with E-state index in [1.807, 2.05) is 24.3 Å². The number of fused-ring (bicyclic) bond motifs is 2. The lowest BCUT2D eigenvalue weighted by Crippen LogP contribution is -2.45. The van der Waals surface area contributed by atoms with E-state index < -0.39 is 18.2 Å². The van der Waals surface area contributed by atoms with Gasteiger partial charge in [0.2, 0.25) is 6.10 Å². The van der Waals surface area contributed by atoms with Crippen LogP contribution in [-0.4, -0.2) is 55.9 Å². The molecule has 2 unspecified atom stereocenters. The van der Waals surface area contributed by atoms with E-state index >= 15 is 0 Å². The molecule has 158 valence electrons. The highest BCUT2D eigenvalue weighted by Gasteiger charge is 2.35. The van der Waals surface area contributed by atoms with Crippen molar-refractivity contribution in [2.75, 3.05) is 26.9 Å². The lowest BCUT2D eigenvalue weighted by molar-refractivity contribution is -0.162. The Morgan fingerprint density at radius 3 is 2.47 bits per heavy atom. The smallest absolute Gasteiger partial charge is 0.351 e. The fraction of sp³-hybridized carbons (Fsp3) is 0.364. The van der Waals surface area contributed by atoms with Gasteiger partial charge in [-0.25, -0.2) is 4.79 Å². The molecule has 0 fully saturated rings. The monoisotopic (exact) mass is 413 g/mol. The molecule has 1 amide bonds. The molecule has 0 spiro atoms. The van der Waals surface area contributed by atoms with Crippen molar-refractivity contribution in [3.63, 3.8) is 0 Å². The quantitative estimate of drug-likeness (QED) is 0.695. The van der Waals surface area contributed by atoms with E-state index in [-0.39, 0.29) is 12.5 Å². The average Bonchev–Trinajstić information content (AvgIpc) is 2.76. The topological polar surface area (TPSA) is 83.5 Å². The van der Waals surface area contributed by atoms with Crippen molar-refractivity contribution in [2.45, 2.75) is 25.7 Å². The molecule has 0 radical (unpaired) electrons. The number of benzene rings is 2. The molecule has 0 saturated carbocycles. The predicted octanol–water partition coefficient (Wildman–Crippen LogP) is 2.19. The maximum absolute atomic E-state index is 12.4. The molecular formula is C22H23NO7.